The summed E-state index contributed by atoms with van der Waals surface area (Å²) < 4.78 is 6.67. The molecule has 0 N–H and O–H groups in total. The first-order valence-corrected chi connectivity index (χ1v) is 5.92. The van der Waals surface area contributed by atoms with Crippen LogP contribution in [-0.2, 0) is 6.61 Å². The topological polar surface area (TPSA) is 9.23 Å². The standard InChI is InChI=1S/C11H9BrOS/c12-10-4-1-3-9(7-10)8-13-11-5-2-6-14-11/h1-7H,8H2. The van der Waals surface area contributed by atoms with Gasteiger partial charge in [-0.25, -0.2) is 0 Å². The van der Waals surface area contributed by atoms with E-state index >= 15 is 0 Å². The zero-order valence-corrected chi connectivity index (χ0v) is 9.85. The first-order valence-electron chi connectivity index (χ1n) is 4.25. The maximum absolute atomic E-state index is 5.58. The van der Waals surface area contributed by atoms with Gasteiger partial charge in [0.1, 0.15) is 6.61 Å². The number of benzene rings is 1. The predicted octanol–water partition coefficient (Wildman–Crippen LogP) is 4.09. The molecular formula is C11H9BrOS. The quantitative estimate of drug-likeness (QED) is 0.815. The molecule has 0 amide bonds. The highest BCUT2D eigenvalue weighted by atomic mass is 79.9. The molecule has 14 heavy (non-hydrogen) atoms. The van der Waals surface area contributed by atoms with Crippen LogP contribution in [0.2, 0.25) is 0 Å². The van der Waals surface area contributed by atoms with Gasteiger partial charge >= 0.3 is 0 Å². The van der Waals surface area contributed by atoms with E-state index in [0.717, 1.165) is 9.54 Å². The Hall–Kier alpha value is -0.800. The van der Waals surface area contributed by atoms with Crippen LogP contribution in [0.4, 0.5) is 0 Å². The molecule has 0 aliphatic carbocycles. The van der Waals surface area contributed by atoms with E-state index in [1.54, 1.807) is 11.3 Å². The van der Waals surface area contributed by atoms with Crippen LogP contribution in [0.3, 0.4) is 0 Å². The molecule has 3 heteroatoms. The van der Waals surface area contributed by atoms with Gasteiger partial charge in [0.15, 0.2) is 5.06 Å². The Balaban J connectivity index is 1.98. The van der Waals surface area contributed by atoms with Crippen molar-refractivity contribution in [3.63, 3.8) is 0 Å². The van der Waals surface area contributed by atoms with Crippen molar-refractivity contribution >= 4 is 27.3 Å². The monoisotopic (exact) mass is 268 g/mol. The molecule has 1 nitrogen and oxygen atoms in total. The van der Waals surface area contributed by atoms with E-state index in [1.807, 2.05) is 29.6 Å². The minimum Gasteiger partial charge on any atom is -0.479 e. The SMILES string of the molecule is Brc1cccc(COc2cccs2)c1. The smallest absolute Gasteiger partial charge is 0.174 e. The molecule has 0 radical (unpaired) electrons. The Labute approximate surface area is 95.5 Å². The van der Waals surface area contributed by atoms with Crippen LogP contribution in [0, 0.1) is 0 Å². The van der Waals surface area contributed by atoms with Gasteiger partial charge < -0.3 is 4.74 Å². The molecule has 0 bridgehead atoms. The number of rotatable bonds is 3. The van der Waals surface area contributed by atoms with Crippen molar-refractivity contribution in [3.05, 3.63) is 51.8 Å². The van der Waals surface area contributed by atoms with Gasteiger partial charge in [0, 0.05) is 4.47 Å². The maximum Gasteiger partial charge on any atom is 0.174 e. The predicted molar refractivity (Wildman–Crippen MR) is 62.8 cm³/mol. The summed E-state index contributed by atoms with van der Waals surface area (Å²) in [5.74, 6) is 0. The van der Waals surface area contributed by atoms with Crippen molar-refractivity contribution in [1.29, 1.82) is 0 Å². The lowest BCUT2D eigenvalue weighted by Crippen LogP contribution is -1.92. The molecule has 0 saturated carbocycles. The van der Waals surface area contributed by atoms with Crippen molar-refractivity contribution in [2.45, 2.75) is 6.61 Å². The fourth-order valence-corrected chi connectivity index (χ4v) is 2.15. The molecule has 0 spiro atoms. The van der Waals surface area contributed by atoms with E-state index in [0.29, 0.717) is 6.61 Å². The molecule has 0 aliphatic rings. The van der Waals surface area contributed by atoms with Crippen LogP contribution in [-0.4, -0.2) is 0 Å². The molecule has 0 fully saturated rings. The molecule has 0 saturated heterocycles. The average molecular weight is 269 g/mol. The number of thiophene rings is 1. The summed E-state index contributed by atoms with van der Waals surface area (Å²) >= 11 is 5.04. The Morgan fingerprint density at radius 2 is 2.14 bits per heavy atom. The lowest BCUT2D eigenvalue weighted by atomic mass is 10.2. The fourth-order valence-electron chi connectivity index (χ4n) is 1.13. The molecule has 72 valence electrons. The largest absolute Gasteiger partial charge is 0.479 e. The lowest BCUT2D eigenvalue weighted by Gasteiger charge is -2.03. The number of halogens is 1. The van der Waals surface area contributed by atoms with E-state index in [1.165, 1.54) is 5.56 Å². The number of hydrogen-bond acceptors (Lipinski definition) is 2. The van der Waals surface area contributed by atoms with Crippen molar-refractivity contribution in [1.82, 2.24) is 0 Å². The van der Waals surface area contributed by atoms with Gasteiger partial charge in [-0.2, -0.15) is 0 Å². The Morgan fingerprint density at radius 3 is 2.86 bits per heavy atom. The summed E-state index contributed by atoms with van der Waals surface area (Å²) in [5.41, 5.74) is 1.17. The third kappa shape index (κ3) is 2.59. The van der Waals surface area contributed by atoms with Gasteiger partial charge in [0.2, 0.25) is 0 Å². The highest BCUT2D eigenvalue weighted by Gasteiger charge is 1.96. The summed E-state index contributed by atoms with van der Waals surface area (Å²) in [7, 11) is 0. The Kier molecular flexibility index (Phi) is 3.22. The molecule has 2 rings (SSSR count). The van der Waals surface area contributed by atoms with Crippen molar-refractivity contribution in [3.8, 4) is 5.06 Å². The second kappa shape index (κ2) is 4.62. The fraction of sp³-hybridized carbons (Fsp3) is 0.0909. The molecular weight excluding hydrogens is 260 g/mol. The average Bonchev–Trinajstić information content (AvgIpc) is 2.67. The normalized spacial score (nSPS) is 10.1. The van der Waals surface area contributed by atoms with Crippen LogP contribution < -0.4 is 4.74 Å². The molecule has 1 aromatic carbocycles. The van der Waals surface area contributed by atoms with Gasteiger partial charge in [0.25, 0.3) is 0 Å². The van der Waals surface area contributed by atoms with Crippen LogP contribution in [0.1, 0.15) is 5.56 Å². The molecule has 2 aromatic rings. The summed E-state index contributed by atoms with van der Waals surface area (Å²) in [4.78, 5) is 0. The van der Waals surface area contributed by atoms with Gasteiger partial charge in [-0.15, -0.1) is 11.3 Å². The third-order valence-electron chi connectivity index (χ3n) is 1.77. The molecule has 1 heterocycles. The van der Waals surface area contributed by atoms with Crippen LogP contribution in [0.5, 0.6) is 5.06 Å². The zero-order chi connectivity index (χ0) is 9.80. The Bertz CT molecular complexity index is 397. The third-order valence-corrected chi connectivity index (χ3v) is 3.04. The lowest BCUT2D eigenvalue weighted by molar-refractivity contribution is 0.315. The van der Waals surface area contributed by atoms with Gasteiger partial charge in [-0.05, 0) is 35.2 Å². The van der Waals surface area contributed by atoms with Crippen LogP contribution >= 0.6 is 27.3 Å². The van der Waals surface area contributed by atoms with E-state index in [-0.39, 0.29) is 0 Å². The minimum atomic E-state index is 0.625. The van der Waals surface area contributed by atoms with Gasteiger partial charge in [0.05, 0.1) is 0 Å². The van der Waals surface area contributed by atoms with E-state index in [2.05, 4.69) is 28.1 Å². The highest BCUT2D eigenvalue weighted by molar-refractivity contribution is 9.10. The van der Waals surface area contributed by atoms with E-state index in [4.69, 9.17) is 4.74 Å². The van der Waals surface area contributed by atoms with Crippen molar-refractivity contribution in [2.75, 3.05) is 0 Å². The van der Waals surface area contributed by atoms with E-state index < -0.39 is 0 Å². The van der Waals surface area contributed by atoms with Gasteiger partial charge in [-0.3, -0.25) is 0 Å². The molecule has 0 atom stereocenters. The van der Waals surface area contributed by atoms with E-state index in [9.17, 15) is 0 Å². The number of ether oxygens (including phenoxy) is 1. The summed E-state index contributed by atoms with van der Waals surface area (Å²) in [6.07, 6.45) is 0. The molecule has 0 aliphatic heterocycles. The summed E-state index contributed by atoms with van der Waals surface area (Å²) in [6.45, 7) is 0.625. The minimum absolute atomic E-state index is 0.625. The second-order valence-electron chi connectivity index (χ2n) is 2.85. The summed E-state index contributed by atoms with van der Waals surface area (Å²) in [5, 5.41) is 2.97. The van der Waals surface area contributed by atoms with Crippen LogP contribution in [0.15, 0.2) is 46.3 Å². The Morgan fingerprint density at radius 1 is 1.21 bits per heavy atom. The van der Waals surface area contributed by atoms with Gasteiger partial charge in [-0.1, -0.05) is 28.1 Å². The maximum atomic E-state index is 5.58. The molecule has 1 aromatic heterocycles. The highest BCUT2D eigenvalue weighted by Crippen LogP contribution is 2.20. The first kappa shape index (κ1) is 9.74. The van der Waals surface area contributed by atoms with Crippen molar-refractivity contribution in [2.24, 2.45) is 0 Å². The summed E-state index contributed by atoms with van der Waals surface area (Å²) in [6, 6.07) is 12.1. The van der Waals surface area contributed by atoms with Crippen LogP contribution in [0.25, 0.3) is 0 Å². The second-order valence-corrected chi connectivity index (χ2v) is 4.68. The first-order chi connectivity index (χ1) is 6.84. The molecule has 0 unspecified atom stereocenters. The van der Waals surface area contributed by atoms with Crippen molar-refractivity contribution < 1.29 is 4.74 Å². The number of hydrogen-bond donors (Lipinski definition) is 0. The zero-order valence-electron chi connectivity index (χ0n) is 7.44.